The van der Waals surface area contributed by atoms with Crippen molar-refractivity contribution in [2.45, 2.75) is 38.5 Å². The molecule has 0 bridgehead atoms. The Bertz CT molecular complexity index is 812. The fourth-order valence-electron chi connectivity index (χ4n) is 4.60. The lowest BCUT2D eigenvalue weighted by Crippen LogP contribution is -2.32. The van der Waals surface area contributed by atoms with Gasteiger partial charge in [0, 0.05) is 49.4 Å². The minimum Gasteiger partial charge on any atom is -0.497 e. The maximum absolute atomic E-state index is 13.8. The first kappa shape index (κ1) is 20.6. The van der Waals surface area contributed by atoms with E-state index in [-0.39, 0.29) is 5.78 Å². The van der Waals surface area contributed by atoms with Gasteiger partial charge in [-0.1, -0.05) is 0 Å². The van der Waals surface area contributed by atoms with E-state index < -0.39 is 0 Å². The molecule has 0 unspecified atom stereocenters. The molecule has 2 heterocycles. The Kier molecular flexibility index (Phi) is 6.46. The lowest BCUT2D eigenvalue weighted by molar-refractivity contribution is 0.103. The summed E-state index contributed by atoms with van der Waals surface area (Å²) >= 11 is 0. The Balaban J connectivity index is 1.75. The molecule has 4 rings (SSSR count). The Morgan fingerprint density at radius 2 is 1.07 bits per heavy atom. The topological polar surface area (TPSA) is 42.0 Å². The van der Waals surface area contributed by atoms with Crippen molar-refractivity contribution < 1.29 is 14.3 Å². The van der Waals surface area contributed by atoms with Crippen LogP contribution in [0.2, 0.25) is 0 Å². The highest BCUT2D eigenvalue weighted by atomic mass is 16.5. The van der Waals surface area contributed by atoms with Crippen molar-refractivity contribution in [3.63, 3.8) is 0 Å². The Morgan fingerprint density at radius 3 is 1.43 bits per heavy atom. The van der Waals surface area contributed by atoms with E-state index in [0.717, 1.165) is 85.9 Å². The molecule has 2 aromatic rings. The van der Waals surface area contributed by atoms with E-state index in [1.165, 1.54) is 12.8 Å². The second kappa shape index (κ2) is 9.41. The lowest BCUT2D eigenvalue weighted by atomic mass is 9.96. The Hall–Kier alpha value is -2.69. The van der Waals surface area contributed by atoms with Gasteiger partial charge in [0.15, 0.2) is 5.78 Å². The first-order chi connectivity index (χ1) is 14.7. The average Bonchev–Trinajstić information content (AvgIpc) is 2.84. The van der Waals surface area contributed by atoms with E-state index in [9.17, 15) is 4.79 Å². The van der Waals surface area contributed by atoms with Crippen LogP contribution in [-0.4, -0.2) is 46.2 Å². The van der Waals surface area contributed by atoms with Crippen LogP contribution in [0.1, 0.15) is 54.4 Å². The maximum Gasteiger partial charge on any atom is 0.197 e. The molecule has 5 nitrogen and oxygen atoms in total. The van der Waals surface area contributed by atoms with Crippen molar-refractivity contribution in [2.24, 2.45) is 0 Å². The highest BCUT2D eigenvalue weighted by molar-refractivity contribution is 6.15. The van der Waals surface area contributed by atoms with E-state index in [1.807, 2.05) is 36.4 Å². The zero-order valence-electron chi connectivity index (χ0n) is 18.2. The first-order valence-corrected chi connectivity index (χ1v) is 11.1. The van der Waals surface area contributed by atoms with Crippen LogP contribution < -0.4 is 19.3 Å². The van der Waals surface area contributed by atoms with E-state index >= 15 is 0 Å². The summed E-state index contributed by atoms with van der Waals surface area (Å²) in [5.74, 6) is 1.65. The number of methoxy groups -OCH3 is 2. The molecule has 0 radical (unpaired) electrons. The number of nitrogens with zero attached hydrogens (tertiary/aromatic N) is 2. The molecule has 0 N–H and O–H groups in total. The predicted octanol–water partition coefficient (Wildman–Crippen LogP) is 4.92. The van der Waals surface area contributed by atoms with E-state index in [4.69, 9.17) is 9.47 Å². The molecular formula is C25H32N2O3. The fourth-order valence-corrected chi connectivity index (χ4v) is 4.60. The van der Waals surface area contributed by atoms with Gasteiger partial charge in [0.1, 0.15) is 11.5 Å². The van der Waals surface area contributed by atoms with Crippen LogP contribution in [0.4, 0.5) is 11.4 Å². The summed E-state index contributed by atoms with van der Waals surface area (Å²) in [5, 5.41) is 0. The fraction of sp³-hybridized carbons (Fsp3) is 0.480. The van der Waals surface area contributed by atoms with Gasteiger partial charge in [-0.25, -0.2) is 0 Å². The third kappa shape index (κ3) is 4.25. The number of anilines is 2. The molecule has 0 amide bonds. The van der Waals surface area contributed by atoms with Crippen molar-refractivity contribution in [2.75, 3.05) is 50.2 Å². The number of hydrogen-bond donors (Lipinski definition) is 0. The normalized spacial score (nSPS) is 17.0. The zero-order chi connectivity index (χ0) is 20.9. The molecule has 2 aliphatic heterocycles. The summed E-state index contributed by atoms with van der Waals surface area (Å²) in [6, 6.07) is 11.7. The smallest absolute Gasteiger partial charge is 0.197 e. The van der Waals surface area contributed by atoms with Crippen LogP contribution in [0.25, 0.3) is 0 Å². The number of rotatable bonds is 6. The lowest BCUT2D eigenvalue weighted by Gasteiger charge is -2.32. The van der Waals surface area contributed by atoms with Gasteiger partial charge < -0.3 is 19.3 Å². The molecule has 0 spiro atoms. The van der Waals surface area contributed by atoms with Crippen molar-refractivity contribution in [3.05, 3.63) is 47.5 Å². The van der Waals surface area contributed by atoms with Crippen molar-refractivity contribution in [3.8, 4) is 11.5 Å². The van der Waals surface area contributed by atoms with Gasteiger partial charge in [0.25, 0.3) is 0 Å². The second-order valence-electron chi connectivity index (χ2n) is 8.19. The molecule has 2 saturated heterocycles. The maximum atomic E-state index is 13.8. The molecule has 0 atom stereocenters. The van der Waals surface area contributed by atoms with Crippen molar-refractivity contribution >= 4 is 17.2 Å². The number of benzene rings is 2. The standard InChI is InChI=1S/C25H32N2O3/c1-29-19-9-11-21(23(17-19)26-13-5-3-6-14-26)25(28)22-12-10-20(30-2)18-24(22)27-15-7-4-8-16-27/h9-12,17-18H,3-8,13-16H2,1-2H3. The molecule has 2 aromatic carbocycles. The molecule has 0 saturated carbocycles. The molecule has 2 fully saturated rings. The molecule has 0 aromatic heterocycles. The SMILES string of the molecule is COc1ccc(C(=O)c2ccc(OC)cc2N2CCCCC2)c(N2CCCCC2)c1. The number of ether oxygens (including phenoxy) is 2. The summed E-state index contributed by atoms with van der Waals surface area (Å²) in [7, 11) is 3.35. The van der Waals surface area contributed by atoms with Crippen molar-refractivity contribution in [1.29, 1.82) is 0 Å². The molecule has 30 heavy (non-hydrogen) atoms. The summed E-state index contributed by atoms with van der Waals surface area (Å²) in [5.41, 5.74) is 3.47. The third-order valence-electron chi connectivity index (χ3n) is 6.29. The van der Waals surface area contributed by atoms with Gasteiger partial charge in [-0.3, -0.25) is 4.79 Å². The van der Waals surface area contributed by atoms with Gasteiger partial charge in [0.2, 0.25) is 0 Å². The Labute approximate surface area is 179 Å². The molecule has 5 heteroatoms. The van der Waals surface area contributed by atoms with Crippen LogP contribution >= 0.6 is 0 Å². The van der Waals surface area contributed by atoms with Gasteiger partial charge >= 0.3 is 0 Å². The summed E-state index contributed by atoms with van der Waals surface area (Å²) in [4.78, 5) is 18.5. The molecule has 2 aliphatic rings. The zero-order valence-corrected chi connectivity index (χ0v) is 18.2. The van der Waals surface area contributed by atoms with Gasteiger partial charge in [-0.05, 0) is 62.8 Å². The van der Waals surface area contributed by atoms with Gasteiger partial charge in [-0.15, -0.1) is 0 Å². The minimum atomic E-state index is 0.0708. The van der Waals surface area contributed by atoms with Gasteiger partial charge in [-0.2, -0.15) is 0 Å². The van der Waals surface area contributed by atoms with Crippen LogP contribution in [0.15, 0.2) is 36.4 Å². The number of carbonyl (C=O) groups is 1. The number of ketones is 1. The Morgan fingerprint density at radius 1 is 0.667 bits per heavy atom. The van der Waals surface area contributed by atoms with Crippen LogP contribution in [0.3, 0.4) is 0 Å². The van der Waals surface area contributed by atoms with E-state index in [1.54, 1.807) is 14.2 Å². The number of carbonyl (C=O) groups excluding carboxylic acids is 1. The molecule has 0 aliphatic carbocycles. The second-order valence-corrected chi connectivity index (χ2v) is 8.19. The number of hydrogen-bond acceptors (Lipinski definition) is 5. The molecular weight excluding hydrogens is 376 g/mol. The summed E-state index contributed by atoms with van der Waals surface area (Å²) < 4.78 is 10.9. The monoisotopic (exact) mass is 408 g/mol. The average molecular weight is 409 g/mol. The predicted molar refractivity (Wildman–Crippen MR) is 122 cm³/mol. The summed E-state index contributed by atoms with van der Waals surface area (Å²) in [6.45, 7) is 3.92. The molecule has 160 valence electrons. The van der Waals surface area contributed by atoms with Crippen LogP contribution in [-0.2, 0) is 0 Å². The minimum absolute atomic E-state index is 0.0708. The largest absolute Gasteiger partial charge is 0.497 e. The van der Waals surface area contributed by atoms with Crippen LogP contribution in [0.5, 0.6) is 11.5 Å². The summed E-state index contributed by atoms with van der Waals surface area (Å²) in [6.07, 6.45) is 7.14. The highest BCUT2D eigenvalue weighted by Crippen LogP contribution is 2.34. The van der Waals surface area contributed by atoms with Crippen molar-refractivity contribution in [1.82, 2.24) is 0 Å². The highest BCUT2D eigenvalue weighted by Gasteiger charge is 2.25. The third-order valence-corrected chi connectivity index (χ3v) is 6.29. The van der Waals surface area contributed by atoms with Crippen LogP contribution in [0, 0.1) is 0 Å². The van der Waals surface area contributed by atoms with Gasteiger partial charge in [0.05, 0.1) is 25.6 Å². The van der Waals surface area contributed by atoms with E-state index in [2.05, 4.69) is 9.80 Å². The quantitative estimate of drug-likeness (QED) is 0.635. The number of piperidine rings is 2. The first-order valence-electron chi connectivity index (χ1n) is 11.1. The van der Waals surface area contributed by atoms with E-state index in [0.29, 0.717) is 0 Å².